The van der Waals surface area contributed by atoms with Gasteiger partial charge >= 0.3 is 0 Å². The number of hydrogen-bond donors (Lipinski definition) is 3. The minimum atomic E-state index is -0.519. The Morgan fingerprint density at radius 2 is 1.64 bits per heavy atom. The van der Waals surface area contributed by atoms with E-state index in [0.29, 0.717) is 6.42 Å². The van der Waals surface area contributed by atoms with E-state index in [-0.39, 0.29) is 11.8 Å². The monoisotopic (exact) mass is 296 g/mol. The van der Waals surface area contributed by atoms with Gasteiger partial charge in [0.2, 0.25) is 5.91 Å². The molecule has 4 nitrogen and oxygen atoms in total. The average Bonchev–Trinajstić information content (AvgIpc) is 2.96. The summed E-state index contributed by atoms with van der Waals surface area (Å²) in [5.41, 5.74) is 2.54. The first-order chi connectivity index (χ1) is 10.7. The molecule has 114 valence electrons. The van der Waals surface area contributed by atoms with Crippen LogP contribution in [0, 0.1) is 5.92 Å². The molecule has 22 heavy (non-hydrogen) atoms. The fraction of sp³-hybridized carbons (Fsp3) is 0.278. The number of rotatable bonds is 4. The third kappa shape index (κ3) is 3.28. The predicted molar refractivity (Wildman–Crippen MR) is 88.1 cm³/mol. The molecule has 1 saturated carbocycles. The molecule has 0 saturated heterocycles. The van der Waals surface area contributed by atoms with E-state index in [1.165, 1.54) is 0 Å². The molecule has 0 aliphatic heterocycles. The van der Waals surface area contributed by atoms with Gasteiger partial charge in [0.25, 0.3) is 0 Å². The zero-order chi connectivity index (χ0) is 15.4. The van der Waals surface area contributed by atoms with Gasteiger partial charge in [0.05, 0.1) is 23.4 Å². The van der Waals surface area contributed by atoms with Crippen LogP contribution in [-0.4, -0.2) is 17.1 Å². The predicted octanol–water partition coefficient (Wildman–Crippen LogP) is 3.53. The normalized spacial score (nSPS) is 20.6. The number of nitrogens with one attached hydrogen (secondary N) is 2. The summed E-state index contributed by atoms with van der Waals surface area (Å²) in [6, 6.07) is 17.4. The van der Waals surface area contributed by atoms with E-state index >= 15 is 0 Å². The second-order valence-corrected chi connectivity index (χ2v) is 5.63. The summed E-state index contributed by atoms with van der Waals surface area (Å²) in [5, 5.41) is 16.1. The van der Waals surface area contributed by atoms with Crippen molar-refractivity contribution in [2.45, 2.75) is 25.4 Å². The van der Waals surface area contributed by atoms with Gasteiger partial charge in [-0.05, 0) is 43.5 Å². The van der Waals surface area contributed by atoms with Crippen molar-refractivity contribution in [2.24, 2.45) is 5.92 Å². The summed E-state index contributed by atoms with van der Waals surface area (Å²) in [6.07, 6.45) is 1.85. The number of benzene rings is 2. The lowest BCUT2D eigenvalue weighted by Crippen LogP contribution is -2.28. The van der Waals surface area contributed by atoms with E-state index in [2.05, 4.69) is 10.6 Å². The molecular weight excluding hydrogens is 276 g/mol. The van der Waals surface area contributed by atoms with Crippen molar-refractivity contribution in [3.8, 4) is 0 Å². The van der Waals surface area contributed by atoms with E-state index in [1.807, 2.05) is 54.6 Å². The summed E-state index contributed by atoms with van der Waals surface area (Å²) in [5.74, 6) is -0.405. The zero-order valence-corrected chi connectivity index (χ0v) is 12.3. The largest absolute Gasteiger partial charge is 0.392 e. The van der Waals surface area contributed by atoms with Crippen LogP contribution >= 0.6 is 0 Å². The maximum atomic E-state index is 12.3. The van der Waals surface area contributed by atoms with Gasteiger partial charge in [0.1, 0.15) is 0 Å². The SMILES string of the molecule is O=C(Nc1ccccc1Nc1ccccc1)C1CCCC1O. The lowest BCUT2D eigenvalue weighted by molar-refractivity contribution is -0.122. The van der Waals surface area contributed by atoms with Gasteiger partial charge in [0.15, 0.2) is 0 Å². The van der Waals surface area contributed by atoms with Crippen molar-refractivity contribution in [1.82, 2.24) is 0 Å². The van der Waals surface area contributed by atoms with Gasteiger partial charge < -0.3 is 15.7 Å². The van der Waals surface area contributed by atoms with Crippen LogP contribution < -0.4 is 10.6 Å². The number of anilines is 3. The molecule has 2 aromatic rings. The molecular formula is C18H20N2O2. The van der Waals surface area contributed by atoms with Crippen molar-refractivity contribution in [2.75, 3.05) is 10.6 Å². The summed E-state index contributed by atoms with van der Waals surface area (Å²) in [7, 11) is 0. The highest BCUT2D eigenvalue weighted by molar-refractivity contribution is 5.96. The first-order valence-corrected chi connectivity index (χ1v) is 7.64. The lowest BCUT2D eigenvalue weighted by atomic mass is 10.1. The second-order valence-electron chi connectivity index (χ2n) is 5.63. The number of carbonyl (C=O) groups excluding carboxylic acids is 1. The molecule has 2 atom stereocenters. The van der Waals surface area contributed by atoms with Crippen LogP contribution in [-0.2, 0) is 4.79 Å². The Hall–Kier alpha value is -2.33. The number of aliphatic hydroxyl groups is 1. The highest BCUT2D eigenvalue weighted by atomic mass is 16.3. The summed E-state index contributed by atoms with van der Waals surface area (Å²) < 4.78 is 0. The summed E-state index contributed by atoms with van der Waals surface area (Å²) in [4.78, 5) is 12.3. The van der Waals surface area contributed by atoms with E-state index in [4.69, 9.17) is 0 Å². The number of aliphatic hydroxyl groups excluding tert-OH is 1. The van der Waals surface area contributed by atoms with E-state index < -0.39 is 6.10 Å². The smallest absolute Gasteiger partial charge is 0.230 e. The second kappa shape index (κ2) is 6.62. The molecule has 1 aliphatic carbocycles. The van der Waals surface area contributed by atoms with Crippen molar-refractivity contribution in [1.29, 1.82) is 0 Å². The topological polar surface area (TPSA) is 61.4 Å². The number of para-hydroxylation sites is 3. The Morgan fingerprint density at radius 3 is 2.32 bits per heavy atom. The van der Waals surface area contributed by atoms with Gasteiger partial charge in [-0.3, -0.25) is 4.79 Å². The molecule has 4 heteroatoms. The number of amides is 1. The molecule has 1 amide bonds. The van der Waals surface area contributed by atoms with Gasteiger partial charge in [-0.25, -0.2) is 0 Å². The molecule has 0 spiro atoms. The van der Waals surface area contributed by atoms with Gasteiger partial charge in [-0.15, -0.1) is 0 Å². The molecule has 0 aromatic heterocycles. The van der Waals surface area contributed by atoms with E-state index in [9.17, 15) is 9.90 Å². The van der Waals surface area contributed by atoms with Gasteiger partial charge in [-0.2, -0.15) is 0 Å². The number of hydrogen-bond acceptors (Lipinski definition) is 3. The molecule has 0 radical (unpaired) electrons. The van der Waals surface area contributed by atoms with Crippen molar-refractivity contribution < 1.29 is 9.90 Å². The summed E-state index contributed by atoms with van der Waals surface area (Å²) >= 11 is 0. The van der Waals surface area contributed by atoms with Crippen LogP contribution in [0.4, 0.5) is 17.1 Å². The Morgan fingerprint density at radius 1 is 0.955 bits per heavy atom. The molecule has 0 heterocycles. The van der Waals surface area contributed by atoms with Crippen molar-refractivity contribution in [3.05, 3.63) is 54.6 Å². The maximum absolute atomic E-state index is 12.3. The van der Waals surface area contributed by atoms with Crippen LogP contribution in [0.2, 0.25) is 0 Å². The van der Waals surface area contributed by atoms with Crippen LogP contribution in [0.5, 0.6) is 0 Å². The standard InChI is InChI=1S/C18H20N2O2/c21-17-12-6-9-14(17)18(22)20-16-11-5-4-10-15(16)19-13-7-2-1-3-8-13/h1-5,7-8,10-11,14,17,19,21H,6,9,12H2,(H,20,22). The fourth-order valence-corrected chi connectivity index (χ4v) is 2.85. The van der Waals surface area contributed by atoms with Crippen LogP contribution in [0.15, 0.2) is 54.6 Å². The highest BCUT2D eigenvalue weighted by Crippen LogP contribution is 2.29. The summed E-state index contributed by atoms with van der Waals surface area (Å²) in [6.45, 7) is 0. The van der Waals surface area contributed by atoms with E-state index in [0.717, 1.165) is 29.9 Å². The molecule has 3 rings (SSSR count). The molecule has 2 unspecified atom stereocenters. The van der Waals surface area contributed by atoms with Crippen LogP contribution in [0.25, 0.3) is 0 Å². The highest BCUT2D eigenvalue weighted by Gasteiger charge is 2.31. The Bertz CT molecular complexity index is 643. The molecule has 2 aromatic carbocycles. The third-order valence-electron chi connectivity index (χ3n) is 4.05. The first kappa shape index (κ1) is 14.6. The fourth-order valence-electron chi connectivity index (χ4n) is 2.85. The van der Waals surface area contributed by atoms with Crippen molar-refractivity contribution in [3.63, 3.8) is 0 Å². The van der Waals surface area contributed by atoms with Gasteiger partial charge in [-0.1, -0.05) is 30.3 Å². The molecule has 1 fully saturated rings. The first-order valence-electron chi connectivity index (χ1n) is 7.64. The number of carbonyl (C=O) groups is 1. The Balaban J connectivity index is 1.75. The average molecular weight is 296 g/mol. The third-order valence-corrected chi connectivity index (χ3v) is 4.05. The molecule has 0 bridgehead atoms. The van der Waals surface area contributed by atoms with Gasteiger partial charge in [0, 0.05) is 5.69 Å². The van der Waals surface area contributed by atoms with E-state index in [1.54, 1.807) is 0 Å². The zero-order valence-electron chi connectivity index (χ0n) is 12.3. The van der Waals surface area contributed by atoms with Crippen LogP contribution in [0.3, 0.4) is 0 Å². The van der Waals surface area contributed by atoms with Crippen molar-refractivity contribution >= 4 is 23.0 Å². The molecule has 3 N–H and O–H groups in total. The Kier molecular flexibility index (Phi) is 4.39. The molecule has 1 aliphatic rings. The quantitative estimate of drug-likeness (QED) is 0.809. The van der Waals surface area contributed by atoms with Crippen LogP contribution in [0.1, 0.15) is 19.3 Å². The lowest BCUT2D eigenvalue weighted by Gasteiger charge is -2.17. The minimum absolute atomic E-state index is 0.104. The Labute approximate surface area is 130 Å². The minimum Gasteiger partial charge on any atom is -0.392 e. The maximum Gasteiger partial charge on any atom is 0.230 e.